The van der Waals surface area contributed by atoms with Gasteiger partial charge in [0.15, 0.2) is 0 Å². The molecule has 0 saturated carbocycles. The molecule has 23 heavy (non-hydrogen) atoms. The van der Waals surface area contributed by atoms with E-state index in [2.05, 4.69) is 20.7 Å². The van der Waals surface area contributed by atoms with E-state index in [0.717, 1.165) is 5.56 Å². The van der Waals surface area contributed by atoms with Gasteiger partial charge in [0.1, 0.15) is 5.75 Å². The van der Waals surface area contributed by atoms with Crippen molar-refractivity contribution in [3.8, 4) is 5.75 Å². The molecule has 0 saturated heterocycles. The number of ether oxygens (including phenoxy) is 1. The average molecular weight is 398 g/mol. The lowest BCUT2D eigenvalue weighted by molar-refractivity contribution is 0.411. The molecule has 0 aromatic heterocycles. The third-order valence-corrected chi connectivity index (χ3v) is 5.40. The molecule has 0 aliphatic carbocycles. The van der Waals surface area contributed by atoms with Crippen LogP contribution in [0.25, 0.3) is 0 Å². The fourth-order valence-electron chi connectivity index (χ4n) is 2.24. The second-order valence-corrected chi connectivity index (χ2v) is 8.73. The van der Waals surface area contributed by atoms with Gasteiger partial charge < -0.3 is 4.74 Å². The van der Waals surface area contributed by atoms with Crippen LogP contribution < -0.4 is 9.46 Å². The van der Waals surface area contributed by atoms with E-state index in [0.29, 0.717) is 15.9 Å². The molecule has 0 unspecified atom stereocenters. The summed E-state index contributed by atoms with van der Waals surface area (Å²) in [5.74, 6) is 0.582. The third-order valence-electron chi connectivity index (χ3n) is 3.41. The first-order valence-corrected chi connectivity index (χ1v) is 9.38. The van der Waals surface area contributed by atoms with Crippen molar-refractivity contribution >= 4 is 31.6 Å². The molecule has 0 aliphatic rings. The minimum absolute atomic E-state index is 0.167. The van der Waals surface area contributed by atoms with Crippen molar-refractivity contribution in [1.82, 2.24) is 0 Å². The highest BCUT2D eigenvalue weighted by Crippen LogP contribution is 2.32. The molecule has 4 nitrogen and oxygen atoms in total. The number of hydrogen-bond acceptors (Lipinski definition) is 3. The molecule has 0 spiro atoms. The SMILES string of the molecule is COc1ccc(S(=O)(=O)Nc2ccccc2C(C)(C)C)cc1Br. The van der Waals surface area contributed by atoms with Crippen LogP contribution in [-0.4, -0.2) is 15.5 Å². The molecular formula is C17H20BrNO3S. The van der Waals surface area contributed by atoms with Crippen molar-refractivity contribution in [3.63, 3.8) is 0 Å². The molecule has 2 rings (SSSR count). The van der Waals surface area contributed by atoms with Gasteiger partial charge in [-0.15, -0.1) is 0 Å². The molecule has 0 atom stereocenters. The Morgan fingerprint density at radius 3 is 2.30 bits per heavy atom. The smallest absolute Gasteiger partial charge is 0.261 e. The Morgan fingerprint density at radius 2 is 1.74 bits per heavy atom. The van der Waals surface area contributed by atoms with Gasteiger partial charge in [0, 0.05) is 0 Å². The molecule has 2 aromatic carbocycles. The van der Waals surface area contributed by atoms with Crippen LogP contribution in [0.5, 0.6) is 5.75 Å². The van der Waals surface area contributed by atoms with Crippen LogP contribution in [0.3, 0.4) is 0 Å². The summed E-state index contributed by atoms with van der Waals surface area (Å²) in [6.45, 7) is 6.14. The normalized spacial score (nSPS) is 12.0. The molecule has 0 fully saturated rings. The summed E-state index contributed by atoms with van der Waals surface area (Å²) in [6, 6.07) is 12.1. The molecule has 1 N–H and O–H groups in total. The van der Waals surface area contributed by atoms with E-state index < -0.39 is 10.0 Å². The Hall–Kier alpha value is -1.53. The zero-order valence-corrected chi connectivity index (χ0v) is 16.0. The minimum Gasteiger partial charge on any atom is -0.496 e. The van der Waals surface area contributed by atoms with Gasteiger partial charge in [-0.1, -0.05) is 39.0 Å². The van der Waals surface area contributed by atoms with Crippen molar-refractivity contribution in [2.24, 2.45) is 0 Å². The molecule has 0 amide bonds. The van der Waals surface area contributed by atoms with E-state index in [9.17, 15) is 8.42 Å². The van der Waals surface area contributed by atoms with Crippen molar-refractivity contribution in [2.75, 3.05) is 11.8 Å². The number of anilines is 1. The summed E-state index contributed by atoms with van der Waals surface area (Å²) in [7, 11) is -2.15. The van der Waals surface area contributed by atoms with Crippen LogP contribution in [0.4, 0.5) is 5.69 Å². The first-order valence-electron chi connectivity index (χ1n) is 7.11. The molecule has 0 aliphatic heterocycles. The van der Waals surface area contributed by atoms with E-state index in [-0.39, 0.29) is 10.3 Å². The molecule has 0 heterocycles. The Balaban J connectivity index is 2.42. The van der Waals surface area contributed by atoms with Crippen molar-refractivity contribution in [1.29, 1.82) is 0 Å². The zero-order valence-electron chi connectivity index (χ0n) is 13.6. The quantitative estimate of drug-likeness (QED) is 0.822. The fraction of sp³-hybridized carbons (Fsp3) is 0.294. The Kier molecular flexibility index (Phi) is 5.06. The Bertz CT molecular complexity index is 811. The highest BCUT2D eigenvalue weighted by atomic mass is 79.9. The second-order valence-electron chi connectivity index (χ2n) is 6.20. The lowest BCUT2D eigenvalue weighted by atomic mass is 9.86. The van der Waals surface area contributed by atoms with Gasteiger partial charge in [0.2, 0.25) is 0 Å². The van der Waals surface area contributed by atoms with E-state index in [1.54, 1.807) is 12.1 Å². The lowest BCUT2D eigenvalue weighted by Gasteiger charge is -2.23. The predicted octanol–water partition coefficient (Wildman–Crippen LogP) is 4.56. The van der Waals surface area contributed by atoms with Crippen LogP contribution in [0.1, 0.15) is 26.3 Å². The standard InChI is InChI=1S/C17H20BrNO3S/c1-17(2,3)13-7-5-6-8-15(13)19-23(20,21)12-9-10-16(22-4)14(18)11-12/h5-11,19H,1-4H3. The summed E-state index contributed by atoms with van der Waals surface area (Å²) in [5, 5.41) is 0. The van der Waals surface area contributed by atoms with Gasteiger partial charge in [-0.3, -0.25) is 4.72 Å². The van der Waals surface area contributed by atoms with Gasteiger partial charge in [-0.05, 0) is 51.2 Å². The number of benzene rings is 2. The number of nitrogens with one attached hydrogen (secondary N) is 1. The lowest BCUT2D eigenvalue weighted by Crippen LogP contribution is -2.19. The van der Waals surface area contributed by atoms with Crippen LogP contribution in [0.15, 0.2) is 51.8 Å². The molecule has 124 valence electrons. The van der Waals surface area contributed by atoms with E-state index in [1.807, 2.05) is 39.0 Å². The van der Waals surface area contributed by atoms with Crippen LogP contribution in [-0.2, 0) is 15.4 Å². The topological polar surface area (TPSA) is 55.4 Å². The average Bonchev–Trinajstić information content (AvgIpc) is 2.46. The number of sulfonamides is 1. The maximum absolute atomic E-state index is 12.7. The molecule has 2 aromatic rings. The van der Waals surface area contributed by atoms with Gasteiger partial charge in [0.05, 0.1) is 22.2 Å². The van der Waals surface area contributed by atoms with E-state index in [1.165, 1.54) is 19.2 Å². The monoisotopic (exact) mass is 397 g/mol. The fourth-order valence-corrected chi connectivity index (χ4v) is 4.04. The second kappa shape index (κ2) is 6.53. The maximum atomic E-state index is 12.7. The number of halogens is 1. The maximum Gasteiger partial charge on any atom is 0.261 e. The molecule has 0 bridgehead atoms. The van der Waals surface area contributed by atoms with Crippen molar-refractivity contribution in [3.05, 3.63) is 52.5 Å². The van der Waals surface area contributed by atoms with Crippen LogP contribution in [0.2, 0.25) is 0 Å². The van der Waals surface area contributed by atoms with Gasteiger partial charge in [-0.25, -0.2) is 8.42 Å². The number of para-hydroxylation sites is 1. The van der Waals surface area contributed by atoms with Gasteiger partial charge in [0.25, 0.3) is 10.0 Å². The summed E-state index contributed by atoms with van der Waals surface area (Å²) in [4.78, 5) is 0.175. The largest absolute Gasteiger partial charge is 0.496 e. The molecule has 6 heteroatoms. The zero-order chi connectivity index (χ0) is 17.3. The van der Waals surface area contributed by atoms with E-state index in [4.69, 9.17) is 4.74 Å². The summed E-state index contributed by atoms with van der Waals surface area (Å²) >= 11 is 3.31. The first-order chi connectivity index (χ1) is 10.6. The van der Waals surface area contributed by atoms with Gasteiger partial charge in [-0.2, -0.15) is 0 Å². The number of rotatable bonds is 4. The van der Waals surface area contributed by atoms with Crippen molar-refractivity contribution < 1.29 is 13.2 Å². The Labute approximate surface area is 146 Å². The number of hydrogen-bond donors (Lipinski definition) is 1. The van der Waals surface area contributed by atoms with Crippen LogP contribution in [0, 0.1) is 0 Å². The number of methoxy groups -OCH3 is 1. The molecular weight excluding hydrogens is 378 g/mol. The predicted molar refractivity (Wildman–Crippen MR) is 96.6 cm³/mol. The summed E-state index contributed by atoms with van der Waals surface area (Å²) < 4.78 is 33.7. The highest BCUT2D eigenvalue weighted by Gasteiger charge is 2.22. The van der Waals surface area contributed by atoms with Crippen molar-refractivity contribution in [2.45, 2.75) is 31.1 Å². The summed E-state index contributed by atoms with van der Waals surface area (Å²) in [5.41, 5.74) is 1.36. The highest BCUT2D eigenvalue weighted by molar-refractivity contribution is 9.10. The third kappa shape index (κ3) is 4.06. The minimum atomic E-state index is -3.68. The first kappa shape index (κ1) is 17.8. The summed E-state index contributed by atoms with van der Waals surface area (Å²) in [6.07, 6.45) is 0. The van der Waals surface area contributed by atoms with Gasteiger partial charge >= 0.3 is 0 Å². The van der Waals surface area contributed by atoms with Crippen LogP contribution >= 0.6 is 15.9 Å². The molecule has 0 radical (unpaired) electrons. The van der Waals surface area contributed by atoms with E-state index >= 15 is 0 Å². The Morgan fingerprint density at radius 1 is 1.09 bits per heavy atom.